The van der Waals surface area contributed by atoms with Gasteiger partial charge in [0.2, 0.25) is 0 Å². The molecule has 2 heterocycles. The molecule has 0 aromatic carbocycles. The highest BCUT2D eigenvalue weighted by Gasteiger charge is 2.15. The number of amides is 2. The lowest BCUT2D eigenvalue weighted by Gasteiger charge is -2.24. The van der Waals surface area contributed by atoms with E-state index in [-0.39, 0.29) is 6.03 Å². The number of rotatable bonds is 4. The van der Waals surface area contributed by atoms with Gasteiger partial charge in [-0.05, 0) is 38.8 Å². The summed E-state index contributed by atoms with van der Waals surface area (Å²) >= 11 is 0. The maximum absolute atomic E-state index is 12.0. The normalized spacial score (nSPS) is 22.0. The van der Waals surface area contributed by atoms with Crippen LogP contribution in [0.25, 0.3) is 0 Å². The predicted molar refractivity (Wildman–Crippen MR) is 75.3 cm³/mol. The maximum atomic E-state index is 12.0. The number of urea groups is 1. The quantitative estimate of drug-likeness (QED) is 0.757. The second-order valence-electron chi connectivity index (χ2n) is 5.45. The first-order chi connectivity index (χ1) is 9.36. The van der Waals surface area contributed by atoms with E-state index in [9.17, 15) is 4.79 Å². The second kappa shape index (κ2) is 8.38. The Balaban J connectivity index is 1.55. The Hall–Kier alpha value is -0.810. The average Bonchev–Trinajstić information content (AvgIpc) is 2.73. The topological polar surface area (TPSA) is 53.6 Å². The van der Waals surface area contributed by atoms with Crippen molar-refractivity contribution in [1.82, 2.24) is 15.5 Å². The molecule has 0 unspecified atom stereocenters. The van der Waals surface area contributed by atoms with Crippen LogP contribution in [0, 0.1) is 0 Å². The van der Waals surface area contributed by atoms with Crippen LogP contribution < -0.4 is 10.6 Å². The van der Waals surface area contributed by atoms with Gasteiger partial charge in [-0.15, -0.1) is 0 Å². The number of carbonyl (C=O) groups is 1. The van der Waals surface area contributed by atoms with Crippen molar-refractivity contribution in [2.45, 2.75) is 44.6 Å². The molecule has 2 aliphatic rings. The molecular weight excluding hydrogens is 242 g/mol. The van der Waals surface area contributed by atoms with Crippen molar-refractivity contribution >= 4 is 6.03 Å². The molecule has 2 amide bonds. The number of ether oxygens (including phenoxy) is 1. The first kappa shape index (κ1) is 14.6. The van der Waals surface area contributed by atoms with E-state index in [2.05, 4.69) is 10.6 Å². The van der Waals surface area contributed by atoms with Crippen LogP contribution in [-0.2, 0) is 4.74 Å². The van der Waals surface area contributed by atoms with Gasteiger partial charge in [0.25, 0.3) is 0 Å². The van der Waals surface area contributed by atoms with Gasteiger partial charge in [-0.1, -0.05) is 12.8 Å². The van der Waals surface area contributed by atoms with Crippen molar-refractivity contribution in [2.75, 3.05) is 39.3 Å². The van der Waals surface area contributed by atoms with Crippen molar-refractivity contribution in [3.63, 3.8) is 0 Å². The first-order valence-electron chi connectivity index (χ1n) is 7.71. The molecule has 0 atom stereocenters. The van der Waals surface area contributed by atoms with Crippen LogP contribution in [0.4, 0.5) is 4.79 Å². The molecule has 5 heteroatoms. The Morgan fingerprint density at radius 1 is 1.16 bits per heavy atom. The van der Waals surface area contributed by atoms with Crippen LogP contribution in [0.1, 0.15) is 38.5 Å². The van der Waals surface area contributed by atoms with Gasteiger partial charge in [0.15, 0.2) is 0 Å². The van der Waals surface area contributed by atoms with Gasteiger partial charge in [-0.3, -0.25) is 0 Å². The number of nitrogens with zero attached hydrogens (tertiary/aromatic N) is 1. The molecule has 19 heavy (non-hydrogen) atoms. The molecule has 2 N–H and O–H groups in total. The van der Waals surface area contributed by atoms with Crippen molar-refractivity contribution in [3.05, 3.63) is 0 Å². The van der Waals surface area contributed by atoms with Crippen LogP contribution in [0.5, 0.6) is 0 Å². The fraction of sp³-hybridized carbons (Fsp3) is 0.929. The first-order valence-corrected chi connectivity index (χ1v) is 7.71. The summed E-state index contributed by atoms with van der Waals surface area (Å²) in [5.74, 6) is 0. The summed E-state index contributed by atoms with van der Waals surface area (Å²) in [6, 6.07) is 0.0795. The average molecular weight is 269 g/mol. The third-order valence-electron chi connectivity index (χ3n) is 3.91. The summed E-state index contributed by atoms with van der Waals surface area (Å²) in [5, 5.41) is 6.28. The molecule has 2 fully saturated rings. The fourth-order valence-electron chi connectivity index (χ4n) is 2.73. The molecule has 5 nitrogen and oxygen atoms in total. The molecule has 2 saturated heterocycles. The number of likely N-dealkylation sites (tertiary alicyclic amines) is 1. The summed E-state index contributed by atoms with van der Waals surface area (Å²) in [6.45, 7) is 5.15. The Kier molecular flexibility index (Phi) is 6.44. The molecule has 0 aromatic heterocycles. The van der Waals surface area contributed by atoms with Crippen LogP contribution >= 0.6 is 0 Å². The molecule has 0 spiro atoms. The van der Waals surface area contributed by atoms with Crippen molar-refractivity contribution in [3.8, 4) is 0 Å². The van der Waals surface area contributed by atoms with Gasteiger partial charge in [-0.25, -0.2) is 4.79 Å². The molecular formula is C14H27N3O2. The van der Waals surface area contributed by atoms with Gasteiger partial charge in [-0.2, -0.15) is 0 Å². The van der Waals surface area contributed by atoms with Gasteiger partial charge >= 0.3 is 6.03 Å². The smallest absolute Gasteiger partial charge is 0.317 e. The predicted octanol–water partition coefficient (Wildman–Crippen LogP) is 1.34. The van der Waals surface area contributed by atoms with Gasteiger partial charge in [0.1, 0.15) is 0 Å². The zero-order valence-corrected chi connectivity index (χ0v) is 11.8. The number of nitrogens with one attached hydrogen (secondary N) is 2. The maximum Gasteiger partial charge on any atom is 0.317 e. The molecule has 0 radical (unpaired) electrons. The van der Waals surface area contributed by atoms with Crippen molar-refractivity contribution < 1.29 is 9.53 Å². The van der Waals surface area contributed by atoms with E-state index in [4.69, 9.17) is 4.74 Å². The Labute approximate surface area is 116 Å². The SMILES string of the molecule is O=C(NCCOC1CCNCC1)N1CCCCCC1. The van der Waals surface area contributed by atoms with E-state index in [0.29, 0.717) is 19.3 Å². The van der Waals surface area contributed by atoms with E-state index in [1.807, 2.05) is 4.90 Å². The van der Waals surface area contributed by atoms with E-state index in [1.54, 1.807) is 0 Å². The Bertz CT molecular complexity index is 259. The van der Waals surface area contributed by atoms with E-state index in [0.717, 1.165) is 51.9 Å². The number of hydrogen-bond acceptors (Lipinski definition) is 3. The van der Waals surface area contributed by atoms with E-state index < -0.39 is 0 Å². The third-order valence-corrected chi connectivity index (χ3v) is 3.91. The summed E-state index contributed by atoms with van der Waals surface area (Å²) in [6.07, 6.45) is 7.32. The van der Waals surface area contributed by atoms with Crippen molar-refractivity contribution in [1.29, 1.82) is 0 Å². The lowest BCUT2D eigenvalue weighted by molar-refractivity contribution is 0.0352. The third kappa shape index (κ3) is 5.37. The minimum atomic E-state index is 0.0795. The molecule has 2 rings (SSSR count). The lowest BCUT2D eigenvalue weighted by atomic mass is 10.1. The minimum Gasteiger partial charge on any atom is -0.376 e. The highest BCUT2D eigenvalue weighted by molar-refractivity contribution is 5.74. The van der Waals surface area contributed by atoms with Crippen LogP contribution in [0.15, 0.2) is 0 Å². The largest absolute Gasteiger partial charge is 0.376 e. The molecule has 0 aliphatic carbocycles. The van der Waals surface area contributed by atoms with Gasteiger partial charge in [0.05, 0.1) is 12.7 Å². The highest BCUT2D eigenvalue weighted by atomic mass is 16.5. The molecule has 0 bridgehead atoms. The monoisotopic (exact) mass is 269 g/mol. The summed E-state index contributed by atoms with van der Waals surface area (Å²) in [5.41, 5.74) is 0. The standard InChI is InChI=1S/C14H27N3O2/c18-14(17-10-3-1-2-4-11-17)16-9-12-19-13-5-7-15-8-6-13/h13,15H,1-12H2,(H,16,18). The number of carbonyl (C=O) groups excluding carboxylic acids is 1. The van der Waals surface area contributed by atoms with Gasteiger partial charge < -0.3 is 20.3 Å². The van der Waals surface area contributed by atoms with Crippen molar-refractivity contribution in [2.24, 2.45) is 0 Å². The Morgan fingerprint density at radius 3 is 2.53 bits per heavy atom. The van der Waals surface area contributed by atoms with E-state index in [1.165, 1.54) is 12.8 Å². The molecule has 2 aliphatic heterocycles. The van der Waals surface area contributed by atoms with Crippen LogP contribution in [-0.4, -0.2) is 56.4 Å². The number of piperidine rings is 1. The lowest BCUT2D eigenvalue weighted by Crippen LogP contribution is -2.42. The Morgan fingerprint density at radius 2 is 1.84 bits per heavy atom. The molecule has 0 saturated carbocycles. The fourth-order valence-corrected chi connectivity index (χ4v) is 2.73. The summed E-state index contributed by atoms with van der Waals surface area (Å²) in [7, 11) is 0. The zero-order valence-electron chi connectivity index (χ0n) is 11.8. The number of hydrogen-bond donors (Lipinski definition) is 2. The zero-order chi connectivity index (χ0) is 13.3. The van der Waals surface area contributed by atoms with Crippen LogP contribution in [0.2, 0.25) is 0 Å². The molecule has 0 aromatic rings. The minimum absolute atomic E-state index is 0.0795. The second-order valence-corrected chi connectivity index (χ2v) is 5.45. The summed E-state index contributed by atoms with van der Waals surface area (Å²) < 4.78 is 5.77. The van der Waals surface area contributed by atoms with E-state index >= 15 is 0 Å². The van der Waals surface area contributed by atoms with Gasteiger partial charge in [0, 0.05) is 19.6 Å². The highest BCUT2D eigenvalue weighted by Crippen LogP contribution is 2.09. The summed E-state index contributed by atoms with van der Waals surface area (Å²) in [4.78, 5) is 13.9. The molecule has 110 valence electrons. The van der Waals surface area contributed by atoms with Crippen LogP contribution in [0.3, 0.4) is 0 Å².